The van der Waals surface area contributed by atoms with Gasteiger partial charge in [-0.1, -0.05) is 6.58 Å². The first-order valence-electron chi connectivity index (χ1n) is 8.12. The SMILES string of the molecule is C=C(C)c1c(OC)c(O)cc2c1O[C@H]1c3ccc(OC)cc3OC[C@@H]21. The summed E-state index contributed by atoms with van der Waals surface area (Å²) in [5.74, 6) is 2.70. The van der Waals surface area contributed by atoms with Gasteiger partial charge in [0.05, 0.1) is 32.3 Å². The van der Waals surface area contributed by atoms with Crippen LogP contribution in [-0.2, 0) is 0 Å². The van der Waals surface area contributed by atoms with Gasteiger partial charge in [-0.2, -0.15) is 0 Å². The Morgan fingerprint density at radius 3 is 2.68 bits per heavy atom. The second kappa shape index (κ2) is 5.62. The molecule has 0 aliphatic carbocycles. The summed E-state index contributed by atoms with van der Waals surface area (Å²) in [5, 5.41) is 10.4. The van der Waals surface area contributed by atoms with Crippen molar-refractivity contribution in [1.82, 2.24) is 0 Å². The molecule has 5 heteroatoms. The molecule has 2 aromatic carbocycles. The minimum absolute atomic E-state index is 0.00537. The minimum Gasteiger partial charge on any atom is -0.504 e. The van der Waals surface area contributed by atoms with Crippen molar-refractivity contribution >= 4 is 5.57 Å². The molecule has 0 aromatic heterocycles. The highest BCUT2D eigenvalue weighted by molar-refractivity contribution is 5.78. The predicted molar refractivity (Wildman–Crippen MR) is 94.0 cm³/mol. The summed E-state index contributed by atoms with van der Waals surface area (Å²) in [6.07, 6.45) is -0.172. The summed E-state index contributed by atoms with van der Waals surface area (Å²) in [6.45, 7) is 6.36. The van der Waals surface area contributed by atoms with Crippen molar-refractivity contribution in [2.24, 2.45) is 0 Å². The maximum Gasteiger partial charge on any atom is 0.171 e. The van der Waals surface area contributed by atoms with E-state index in [1.54, 1.807) is 13.2 Å². The molecular weight excluding hydrogens is 320 g/mol. The van der Waals surface area contributed by atoms with E-state index in [-0.39, 0.29) is 17.8 Å². The number of phenolic OH excluding ortho intramolecular Hbond substituents is 1. The van der Waals surface area contributed by atoms with Gasteiger partial charge in [0.1, 0.15) is 23.4 Å². The van der Waals surface area contributed by atoms with Gasteiger partial charge in [0.15, 0.2) is 11.5 Å². The van der Waals surface area contributed by atoms with Crippen LogP contribution in [0.2, 0.25) is 0 Å². The topological polar surface area (TPSA) is 57.2 Å². The first-order chi connectivity index (χ1) is 12.0. The van der Waals surface area contributed by atoms with Crippen LogP contribution < -0.4 is 18.9 Å². The number of benzene rings is 2. The van der Waals surface area contributed by atoms with E-state index in [2.05, 4.69) is 6.58 Å². The van der Waals surface area contributed by atoms with E-state index < -0.39 is 0 Å². The van der Waals surface area contributed by atoms with Crippen LogP contribution in [0.15, 0.2) is 30.8 Å². The van der Waals surface area contributed by atoms with Crippen LogP contribution in [0.3, 0.4) is 0 Å². The molecular formula is C20H20O5. The maximum absolute atomic E-state index is 10.4. The number of aromatic hydroxyl groups is 1. The molecule has 2 heterocycles. The van der Waals surface area contributed by atoms with Gasteiger partial charge in [-0.25, -0.2) is 0 Å². The predicted octanol–water partition coefficient (Wildman–Crippen LogP) is 4.05. The zero-order valence-electron chi connectivity index (χ0n) is 14.5. The average molecular weight is 340 g/mol. The molecule has 2 aromatic rings. The molecule has 0 spiro atoms. The molecule has 5 nitrogen and oxygen atoms in total. The lowest BCUT2D eigenvalue weighted by atomic mass is 9.88. The number of rotatable bonds is 3. The Morgan fingerprint density at radius 1 is 1.20 bits per heavy atom. The highest BCUT2D eigenvalue weighted by Crippen LogP contribution is 2.56. The van der Waals surface area contributed by atoms with Crippen molar-refractivity contribution in [2.75, 3.05) is 20.8 Å². The zero-order chi connectivity index (χ0) is 17.7. The summed E-state index contributed by atoms with van der Waals surface area (Å²) in [7, 11) is 3.16. The molecule has 25 heavy (non-hydrogen) atoms. The number of methoxy groups -OCH3 is 2. The number of phenols is 1. The van der Waals surface area contributed by atoms with Crippen LogP contribution in [0, 0.1) is 0 Å². The number of fused-ring (bicyclic) bond motifs is 5. The van der Waals surface area contributed by atoms with Crippen LogP contribution in [0.1, 0.15) is 35.6 Å². The van der Waals surface area contributed by atoms with Gasteiger partial charge in [-0.05, 0) is 30.7 Å². The Morgan fingerprint density at radius 2 is 2.00 bits per heavy atom. The second-order valence-electron chi connectivity index (χ2n) is 6.36. The first-order valence-corrected chi connectivity index (χ1v) is 8.12. The highest BCUT2D eigenvalue weighted by Gasteiger charge is 2.43. The van der Waals surface area contributed by atoms with Crippen molar-refractivity contribution in [3.8, 4) is 28.7 Å². The fourth-order valence-electron chi connectivity index (χ4n) is 3.66. The van der Waals surface area contributed by atoms with E-state index in [4.69, 9.17) is 18.9 Å². The number of allylic oxidation sites excluding steroid dienone is 1. The smallest absolute Gasteiger partial charge is 0.171 e. The first kappa shape index (κ1) is 15.7. The Balaban J connectivity index is 1.85. The van der Waals surface area contributed by atoms with Gasteiger partial charge < -0.3 is 24.1 Å². The van der Waals surface area contributed by atoms with Crippen LogP contribution in [0.5, 0.6) is 28.7 Å². The molecule has 0 unspecified atom stereocenters. The number of hydrogen-bond donors (Lipinski definition) is 1. The molecule has 130 valence electrons. The molecule has 0 saturated heterocycles. The van der Waals surface area contributed by atoms with Crippen LogP contribution in [0.4, 0.5) is 0 Å². The lowest BCUT2D eigenvalue weighted by Gasteiger charge is -2.28. The number of hydrogen-bond acceptors (Lipinski definition) is 5. The second-order valence-corrected chi connectivity index (χ2v) is 6.36. The third-order valence-electron chi connectivity index (χ3n) is 4.83. The van der Waals surface area contributed by atoms with Gasteiger partial charge in [0.25, 0.3) is 0 Å². The zero-order valence-corrected chi connectivity index (χ0v) is 14.5. The summed E-state index contributed by atoms with van der Waals surface area (Å²) in [5.41, 5.74) is 3.38. The largest absolute Gasteiger partial charge is 0.504 e. The Hall–Kier alpha value is -2.82. The summed E-state index contributed by atoms with van der Waals surface area (Å²) in [6, 6.07) is 7.45. The standard InChI is InChI=1S/C20H20O5/c1-10(2)17-19-13(8-15(21)20(17)23-4)14-9-24-16-7-11(22-3)5-6-12(16)18(14)25-19/h5-8,14,18,21H,1,9H2,2-4H3/t14-,18-/m0/s1. The monoisotopic (exact) mass is 340 g/mol. The quantitative estimate of drug-likeness (QED) is 0.913. The number of ether oxygens (including phenoxy) is 4. The molecule has 4 rings (SSSR count). The normalized spacial score (nSPS) is 19.8. The van der Waals surface area contributed by atoms with Gasteiger partial charge in [-0.3, -0.25) is 0 Å². The Bertz CT molecular complexity index is 871. The fraction of sp³-hybridized carbons (Fsp3) is 0.300. The van der Waals surface area contributed by atoms with Crippen LogP contribution in [-0.4, -0.2) is 25.9 Å². The van der Waals surface area contributed by atoms with E-state index >= 15 is 0 Å². The minimum atomic E-state index is -0.172. The molecule has 0 saturated carbocycles. The fourth-order valence-corrected chi connectivity index (χ4v) is 3.66. The lowest BCUT2D eigenvalue weighted by molar-refractivity contribution is 0.139. The summed E-state index contributed by atoms with van der Waals surface area (Å²) >= 11 is 0. The van der Waals surface area contributed by atoms with E-state index in [1.807, 2.05) is 25.1 Å². The van der Waals surface area contributed by atoms with E-state index in [9.17, 15) is 5.11 Å². The molecule has 0 radical (unpaired) electrons. The molecule has 2 aliphatic heterocycles. The van der Waals surface area contributed by atoms with Crippen LogP contribution in [0.25, 0.3) is 5.57 Å². The van der Waals surface area contributed by atoms with Gasteiger partial charge in [0, 0.05) is 17.2 Å². The maximum atomic E-state index is 10.4. The molecule has 0 fully saturated rings. The molecule has 0 bridgehead atoms. The van der Waals surface area contributed by atoms with Crippen molar-refractivity contribution in [3.05, 3.63) is 47.5 Å². The third-order valence-corrected chi connectivity index (χ3v) is 4.83. The van der Waals surface area contributed by atoms with E-state index in [1.165, 1.54) is 7.11 Å². The van der Waals surface area contributed by atoms with E-state index in [0.717, 1.165) is 28.2 Å². The summed E-state index contributed by atoms with van der Waals surface area (Å²) in [4.78, 5) is 0. The van der Waals surface area contributed by atoms with Crippen LogP contribution >= 0.6 is 0 Å². The highest BCUT2D eigenvalue weighted by atomic mass is 16.5. The molecule has 1 N–H and O–H groups in total. The van der Waals surface area contributed by atoms with Crippen molar-refractivity contribution < 1.29 is 24.1 Å². The van der Waals surface area contributed by atoms with Crippen molar-refractivity contribution in [1.29, 1.82) is 0 Å². The molecule has 0 amide bonds. The molecule has 2 aliphatic rings. The van der Waals surface area contributed by atoms with Gasteiger partial charge in [0.2, 0.25) is 0 Å². The average Bonchev–Trinajstić information content (AvgIpc) is 2.97. The lowest BCUT2D eigenvalue weighted by Crippen LogP contribution is -2.23. The third kappa shape index (κ3) is 2.22. The Kier molecular flexibility index (Phi) is 3.53. The van der Waals surface area contributed by atoms with Crippen molar-refractivity contribution in [3.63, 3.8) is 0 Å². The summed E-state index contributed by atoms with van der Waals surface area (Å²) < 4.78 is 22.9. The van der Waals surface area contributed by atoms with Gasteiger partial charge in [-0.15, -0.1) is 0 Å². The van der Waals surface area contributed by atoms with Crippen molar-refractivity contribution in [2.45, 2.75) is 18.9 Å². The van der Waals surface area contributed by atoms with E-state index in [0.29, 0.717) is 23.7 Å². The van der Waals surface area contributed by atoms with Gasteiger partial charge >= 0.3 is 0 Å². The Labute approximate surface area is 146 Å². The molecule has 2 atom stereocenters.